The molecule has 1 heterocycles. The van der Waals surface area contributed by atoms with Crippen molar-refractivity contribution in [3.05, 3.63) is 35.9 Å². The summed E-state index contributed by atoms with van der Waals surface area (Å²) in [6.45, 7) is 1.86. The normalized spacial score (nSPS) is 23.7. The number of likely N-dealkylation sites (tertiary alicyclic amines) is 1. The van der Waals surface area contributed by atoms with E-state index in [0.29, 0.717) is 12.0 Å². The third-order valence-corrected chi connectivity index (χ3v) is 3.49. The van der Waals surface area contributed by atoms with Crippen LogP contribution in [0, 0.1) is 0 Å². The number of piperidine rings is 1. The zero-order valence-corrected chi connectivity index (χ0v) is 10.4. The molecule has 4 heteroatoms. The van der Waals surface area contributed by atoms with Crippen LogP contribution >= 0.6 is 0 Å². The highest BCUT2D eigenvalue weighted by Gasteiger charge is 2.36. The van der Waals surface area contributed by atoms with E-state index >= 15 is 0 Å². The molecule has 1 amide bonds. The third-order valence-electron chi connectivity index (χ3n) is 3.49. The molecule has 2 rings (SSSR count). The van der Waals surface area contributed by atoms with E-state index in [1.54, 1.807) is 24.3 Å². The average Bonchev–Trinajstić information content (AvgIpc) is 2.38. The highest BCUT2D eigenvalue weighted by Crippen LogP contribution is 2.25. The minimum Gasteiger partial charge on any atom is -0.465 e. The zero-order valence-electron chi connectivity index (χ0n) is 10.4. The molecule has 1 saturated heterocycles. The van der Waals surface area contributed by atoms with Crippen LogP contribution in [0.15, 0.2) is 30.3 Å². The lowest BCUT2D eigenvalue weighted by molar-refractivity contribution is 0.0583. The van der Waals surface area contributed by atoms with Crippen LogP contribution in [0.1, 0.15) is 36.5 Å². The molecule has 0 radical (unpaired) electrons. The molecule has 96 valence electrons. The van der Waals surface area contributed by atoms with Crippen molar-refractivity contribution < 1.29 is 14.7 Å². The highest BCUT2D eigenvalue weighted by atomic mass is 16.4. The summed E-state index contributed by atoms with van der Waals surface area (Å²) in [6.07, 6.45) is 1.33. The van der Waals surface area contributed by atoms with E-state index in [2.05, 4.69) is 0 Å². The van der Waals surface area contributed by atoms with E-state index in [1.807, 2.05) is 13.0 Å². The van der Waals surface area contributed by atoms with Gasteiger partial charge in [-0.15, -0.1) is 0 Å². The maximum atomic E-state index is 12.4. The second kappa shape index (κ2) is 5.21. The van der Waals surface area contributed by atoms with E-state index in [4.69, 9.17) is 0 Å². The number of nitrogens with zero attached hydrogens (tertiary/aromatic N) is 1. The van der Waals surface area contributed by atoms with Crippen molar-refractivity contribution in [1.82, 2.24) is 4.90 Å². The van der Waals surface area contributed by atoms with E-state index in [9.17, 15) is 14.7 Å². The number of carbonyl (C=O) groups excluding carboxylic acids is 1. The number of ketones is 1. The number of carboxylic acid groups (broad SMARTS) is 1. The Labute approximate surface area is 106 Å². The van der Waals surface area contributed by atoms with Crippen molar-refractivity contribution in [2.75, 3.05) is 0 Å². The lowest BCUT2D eigenvalue weighted by atomic mass is 9.91. The second-order valence-corrected chi connectivity index (χ2v) is 4.72. The molecule has 0 aromatic heterocycles. The first-order valence-corrected chi connectivity index (χ1v) is 6.22. The first-order valence-electron chi connectivity index (χ1n) is 6.22. The number of benzene rings is 1. The predicted molar refractivity (Wildman–Crippen MR) is 67.7 cm³/mol. The molecule has 18 heavy (non-hydrogen) atoms. The minimum absolute atomic E-state index is 0.0890. The van der Waals surface area contributed by atoms with Gasteiger partial charge in [-0.2, -0.15) is 0 Å². The van der Waals surface area contributed by atoms with Gasteiger partial charge >= 0.3 is 6.09 Å². The number of hydrogen-bond donors (Lipinski definition) is 1. The van der Waals surface area contributed by atoms with E-state index in [-0.39, 0.29) is 11.8 Å². The summed E-state index contributed by atoms with van der Waals surface area (Å²) in [6, 6.07) is 8.29. The van der Waals surface area contributed by atoms with Gasteiger partial charge in [-0.05, 0) is 26.2 Å². The Balaban J connectivity index is 2.25. The van der Waals surface area contributed by atoms with Gasteiger partial charge in [0.25, 0.3) is 0 Å². The van der Waals surface area contributed by atoms with Gasteiger partial charge < -0.3 is 5.11 Å². The summed E-state index contributed by atoms with van der Waals surface area (Å²) in [5, 5.41) is 9.25. The summed E-state index contributed by atoms with van der Waals surface area (Å²) in [4.78, 5) is 24.9. The molecule has 2 unspecified atom stereocenters. The summed E-state index contributed by atoms with van der Waals surface area (Å²) in [5.41, 5.74) is 0.586. The zero-order chi connectivity index (χ0) is 13.1. The first kappa shape index (κ1) is 12.6. The fourth-order valence-corrected chi connectivity index (χ4v) is 2.57. The number of carbonyl (C=O) groups is 2. The fourth-order valence-electron chi connectivity index (χ4n) is 2.57. The largest absolute Gasteiger partial charge is 0.465 e. The minimum atomic E-state index is -1.00. The maximum Gasteiger partial charge on any atom is 0.408 e. The Morgan fingerprint density at radius 1 is 1.22 bits per heavy atom. The SMILES string of the molecule is CC1CCCC(C(=O)c2ccccc2)N1C(=O)O. The monoisotopic (exact) mass is 247 g/mol. The molecular weight excluding hydrogens is 230 g/mol. The number of amides is 1. The summed E-state index contributed by atoms with van der Waals surface area (Å²) in [7, 11) is 0. The molecule has 1 aromatic carbocycles. The molecule has 1 N–H and O–H groups in total. The van der Waals surface area contributed by atoms with Gasteiger partial charge in [0.2, 0.25) is 0 Å². The topological polar surface area (TPSA) is 57.6 Å². The van der Waals surface area contributed by atoms with Crippen LogP contribution in [0.5, 0.6) is 0 Å². The van der Waals surface area contributed by atoms with Gasteiger partial charge in [0.15, 0.2) is 5.78 Å². The van der Waals surface area contributed by atoms with Crippen LogP contribution in [0.3, 0.4) is 0 Å². The van der Waals surface area contributed by atoms with Crippen molar-refractivity contribution in [3.8, 4) is 0 Å². The Morgan fingerprint density at radius 2 is 1.89 bits per heavy atom. The first-order chi connectivity index (χ1) is 8.61. The van der Waals surface area contributed by atoms with E-state index in [0.717, 1.165) is 12.8 Å². The molecule has 1 aliphatic rings. The summed E-state index contributed by atoms with van der Waals surface area (Å²) in [5.74, 6) is -0.0930. The Morgan fingerprint density at radius 3 is 2.50 bits per heavy atom. The number of Topliss-reactive ketones (excluding diaryl/α,β-unsaturated/α-hetero) is 1. The van der Waals surface area contributed by atoms with Gasteiger partial charge in [-0.1, -0.05) is 30.3 Å². The molecule has 1 aromatic rings. The molecular formula is C14H17NO3. The lowest BCUT2D eigenvalue weighted by Crippen LogP contribution is -2.51. The highest BCUT2D eigenvalue weighted by molar-refractivity contribution is 6.01. The van der Waals surface area contributed by atoms with Gasteiger partial charge in [0, 0.05) is 11.6 Å². The van der Waals surface area contributed by atoms with Crippen molar-refractivity contribution in [2.45, 2.75) is 38.3 Å². The van der Waals surface area contributed by atoms with Gasteiger partial charge in [0.05, 0.1) is 6.04 Å². The molecule has 1 aliphatic heterocycles. The van der Waals surface area contributed by atoms with Crippen LogP contribution in [-0.2, 0) is 0 Å². The number of hydrogen-bond acceptors (Lipinski definition) is 2. The van der Waals surface area contributed by atoms with Crippen LogP contribution in [-0.4, -0.2) is 34.0 Å². The Bertz CT molecular complexity index is 444. The molecule has 0 bridgehead atoms. The van der Waals surface area contributed by atoms with Crippen molar-refractivity contribution in [2.24, 2.45) is 0 Å². The molecule has 0 spiro atoms. The Kier molecular flexibility index (Phi) is 3.65. The van der Waals surface area contributed by atoms with Crippen LogP contribution in [0.25, 0.3) is 0 Å². The fraction of sp³-hybridized carbons (Fsp3) is 0.429. The van der Waals surface area contributed by atoms with E-state index < -0.39 is 12.1 Å². The van der Waals surface area contributed by atoms with Gasteiger partial charge in [-0.25, -0.2) is 4.79 Å². The van der Waals surface area contributed by atoms with Crippen molar-refractivity contribution >= 4 is 11.9 Å². The maximum absolute atomic E-state index is 12.4. The predicted octanol–water partition coefficient (Wildman–Crippen LogP) is 2.79. The van der Waals surface area contributed by atoms with Crippen LogP contribution in [0.4, 0.5) is 4.79 Å². The Hall–Kier alpha value is -1.84. The summed E-state index contributed by atoms with van der Waals surface area (Å²) < 4.78 is 0. The molecule has 0 aliphatic carbocycles. The quantitative estimate of drug-likeness (QED) is 0.817. The van der Waals surface area contributed by atoms with Gasteiger partial charge in [0.1, 0.15) is 0 Å². The van der Waals surface area contributed by atoms with Crippen LogP contribution in [0.2, 0.25) is 0 Å². The molecule has 1 fully saturated rings. The molecule has 0 saturated carbocycles. The van der Waals surface area contributed by atoms with Gasteiger partial charge in [-0.3, -0.25) is 9.69 Å². The molecule has 2 atom stereocenters. The lowest BCUT2D eigenvalue weighted by Gasteiger charge is -2.37. The third kappa shape index (κ3) is 2.37. The molecule has 4 nitrogen and oxygen atoms in total. The van der Waals surface area contributed by atoms with Crippen molar-refractivity contribution in [1.29, 1.82) is 0 Å². The van der Waals surface area contributed by atoms with Crippen molar-refractivity contribution in [3.63, 3.8) is 0 Å². The standard InChI is InChI=1S/C14H17NO3/c1-10-6-5-9-12(15(10)14(17)18)13(16)11-7-3-2-4-8-11/h2-4,7-8,10,12H,5-6,9H2,1H3,(H,17,18). The second-order valence-electron chi connectivity index (χ2n) is 4.72. The van der Waals surface area contributed by atoms with E-state index in [1.165, 1.54) is 4.90 Å². The summed E-state index contributed by atoms with van der Waals surface area (Å²) >= 11 is 0. The van der Waals surface area contributed by atoms with Crippen LogP contribution < -0.4 is 0 Å². The smallest absolute Gasteiger partial charge is 0.408 e. The number of rotatable bonds is 2. The average molecular weight is 247 g/mol.